The van der Waals surface area contributed by atoms with E-state index in [1.165, 1.54) is 18.5 Å². The Hall–Kier alpha value is -3.61. The molecule has 0 radical (unpaired) electrons. The summed E-state index contributed by atoms with van der Waals surface area (Å²) in [4.78, 5) is 21.5. The fourth-order valence-electron chi connectivity index (χ4n) is 4.30. The van der Waals surface area contributed by atoms with Crippen molar-refractivity contribution in [1.82, 2.24) is 9.97 Å². The third-order valence-corrected chi connectivity index (χ3v) is 10.4. The van der Waals surface area contributed by atoms with Crippen LogP contribution in [0.1, 0.15) is 25.3 Å². The first-order valence-electron chi connectivity index (χ1n) is 12.8. The van der Waals surface area contributed by atoms with Gasteiger partial charge in [0.25, 0.3) is 0 Å². The lowest BCUT2D eigenvalue weighted by Gasteiger charge is -2.16. The smallest absolute Gasteiger partial charge is 0.225 e. The average molecular weight is 617 g/mol. The summed E-state index contributed by atoms with van der Waals surface area (Å²) in [5, 5.41) is 6.77. The number of anilines is 3. The van der Waals surface area contributed by atoms with Gasteiger partial charge in [-0.15, -0.1) is 0 Å². The number of halogens is 2. The zero-order valence-electron chi connectivity index (χ0n) is 21.9. The molecule has 9 nitrogen and oxygen atoms in total. The molecular formula is C28H26ClFN4O5S2. The fourth-order valence-corrected chi connectivity index (χ4v) is 8.52. The molecule has 1 aliphatic rings. The first-order chi connectivity index (χ1) is 19.7. The Bertz CT molecular complexity index is 1710. The first-order valence-corrected chi connectivity index (χ1v) is 16.2. The minimum absolute atomic E-state index is 0.0655. The summed E-state index contributed by atoms with van der Waals surface area (Å²) < 4.78 is 48.5. The molecule has 3 aromatic carbocycles. The van der Waals surface area contributed by atoms with E-state index in [0.717, 1.165) is 10.8 Å². The molecule has 1 amide bonds. The van der Waals surface area contributed by atoms with Gasteiger partial charge in [-0.3, -0.25) is 4.79 Å². The van der Waals surface area contributed by atoms with Crippen LogP contribution in [0.15, 0.2) is 60.9 Å². The van der Waals surface area contributed by atoms with Crippen LogP contribution < -0.4 is 20.1 Å². The molecule has 13 heteroatoms. The normalized spacial score (nSPS) is 15.9. The van der Waals surface area contributed by atoms with Gasteiger partial charge in [0.15, 0.2) is 0 Å². The molecule has 0 saturated carbocycles. The Morgan fingerprint density at radius 2 is 1.98 bits per heavy atom. The van der Waals surface area contributed by atoms with Crippen LogP contribution in [-0.2, 0) is 20.3 Å². The predicted octanol–water partition coefficient (Wildman–Crippen LogP) is 6.31. The van der Waals surface area contributed by atoms with Crippen molar-refractivity contribution in [3.05, 3.63) is 77.3 Å². The molecule has 214 valence electrons. The van der Waals surface area contributed by atoms with Crippen molar-refractivity contribution in [1.29, 1.82) is 0 Å². The minimum Gasteiger partial charge on any atom is -0.492 e. The van der Waals surface area contributed by atoms with Crippen LogP contribution in [0.3, 0.4) is 0 Å². The van der Waals surface area contributed by atoms with Crippen molar-refractivity contribution in [2.75, 3.05) is 23.0 Å². The van der Waals surface area contributed by atoms with Gasteiger partial charge in [0.05, 0.1) is 28.6 Å². The van der Waals surface area contributed by atoms with E-state index in [2.05, 4.69) is 20.6 Å². The molecule has 5 rings (SSSR count). The summed E-state index contributed by atoms with van der Waals surface area (Å²) in [6, 6.07) is 14.7. The molecule has 1 unspecified atom stereocenters. The van der Waals surface area contributed by atoms with Crippen LogP contribution in [0.25, 0.3) is 10.9 Å². The van der Waals surface area contributed by atoms with E-state index >= 15 is 0 Å². The van der Waals surface area contributed by atoms with Crippen LogP contribution in [0.4, 0.5) is 21.6 Å². The van der Waals surface area contributed by atoms with Crippen molar-refractivity contribution in [2.24, 2.45) is 0 Å². The Morgan fingerprint density at radius 3 is 2.71 bits per heavy atom. The molecule has 2 heterocycles. The molecule has 1 fully saturated rings. The van der Waals surface area contributed by atoms with Crippen molar-refractivity contribution in [3.63, 3.8) is 0 Å². The van der Waals surface area contributed by atoms with Crippen LogP contribution in [-0.4, -0.2) is 41.9 Å². The standard InChI is InChI=1S/C28H26ClFN4O5S2/c1-2-38-26-14-23-21(13-24(26)34-27(35)12-20-8-9-41(36,37)40-20)28(32-16-31-23)33-19-6-7-25(22(29)11-19)39-15-17-4-3-5-18(30)10-17/h3-7,10-11,13-14,16,20H,2,8-9,12,15H2,1H3,(H,34,35)(H,31,32,33). The number of hydrogen-bond acceptors (Lipinski definition) is 9. The molecule has 1 aromatic heterocycles. The number of ether oxygens (including phenoxy) is 2. The topological polar surface area (TPSA) is 120 Å². The number of rotatable bonds is 10. The molecule has 0 spiro atoms. The maximum Gasteiger partial charge on any atom is 0.225 e. The fraction of sp³-hybridized carbons (Fsp3) is 0.250. The van der Waals surface area contributed by atoms with Crippen LogP contribution >= 0.6 is 22.4 Å². The first kappa shape index (κ1) is 28.9. The Balaban J connectivity index is 1.34. The largest absolute Gasteiger partial charge is 0.492 e. The van der Waals surface area contributed by atoms with Gasteiger partial charge < -0.3 is 20.1 Å². The number of amides is 1. The highest BCUT2D eigenvalue weighted by atomic mass is 35.5. The monoisotopic (exact) mass is 616 g/mol. The van der Waals surface area contributed by atoms with Gasteiger partial charge in [-0.25, -0.2) is 22.8 Å². The van der Waals surface area contributed by atoms with Gasteiger partial charge in [-0.2, -0.15) is 0 Å². The Labute approximate surface area is 245 Å². The number of hydrogen-bond donors (Lipinski definition) is 2. The molecule has 1 atom stereocenters. The Morgan fingerprint density at radius 1 is 1.12 bits per heavy atom. The van der Waals surface area contributed by atoms with E-state index in [0.29, 0.717) is 63.2 Å². The Kier molecular flexibility index (Phi) is 8.81. The van der Waals surface area contributed by atoms with Gasteiger partial charge in [0, 0.05) is 28.8 Å². The SMILES string of the molecule is CCOc1cc2ncnc(Nc3ccc(OCc4cccc(F)c4)c(Cl)c3)c2cc1NC(=O)CC1CCS(=O)(=O)S1. The number of fused-ring (bicyclic) bond motifs is 1. The number of carbonyl (C=O) groups is 1. The maximum atomic E-state index is 13.4. The average Bonchev–Trinajstić information content (AvgIpc) is 3.26. The van der Waals surface area contributed by atoms with E-state index in [9.17, 15) is 17.6 Å². The highest BCUT2D eigenvalue weighted by molar-refractivity contribution is 8.72. The number of aromatic nitrogens is 2. The second kappa shape index (κ2) is 12.5. The molecule has 0 bridgehead atoms. The zero-order chi connectivity index (χ0) is 29.0. The van der Waals surface area contributed by atoms with Gasteiger partial charge in [0.1, 0.15) is 36.1 Å². The van der Waals surface area contributed by atoms with Crippen LogP contribution in [0.2, 0.25) is 5.02 Å². The van der Waals surface area contributed by atoms with Crippen molar-refractivity contribution in [2.45, 2.75) is 31.6 Å². The molecular weight excluding hydrogens is 591 g/mol. The summed E-state index contributed by atoms with van der Waals surface area (Å²) in [5.41, 5.74) is 2.32. The summed E-state index contributed by atoms with van der Waals surface area (Å²) in [7, 11) is -2.32. The van der Waals surface area contributed by atoms with Gasteiger partial charge >= 0.3 is 0 Å². The third kappa shape index (κ3) is 7.38. The van der Waals surface area contributed by atoms with Crippen molar-refractivity contribution < 1.29 is 27.1 Å². The lowest BCUT2D eigenvalue weighted by atomic mass is 10.1. The number of carbonyl (C=O) groups excluding carboxylic acids is 1. The van der Waals surface area contributed by atoms with E-state index in [-0.39, 0.29) is 35.8 Å². The van der Waals surface area contributed by atoms with Crippen LogP contribution in [0.5, 0.6) is 11.5 Å². The highest BCUT2D eigenvalue weighted by Crippen LogP contribution is 2.37. The van der Waals surface area contributed by atoms with E-state index in [1.54, 1.807) is 42.5 Å². The van der Waals surface area contributed by atoms with E-state index < -0.39 is 8.87 Å². The lowest BCUT2D eigenvalue weighted by molar-refractivity contribution is -0.116. The molecule has 0 aliphatic carbocycles. The van der Waals surface area contributed by atoms with Crippen molar-refractivity contribution >= 4 is 65.3 Å². The summed E-state index contributed by atoms with van der Waals surface area (Å²) in [6.45, 7) is 2.36. The second-order valence-corrected chi connectivity index (χ2v) is 14.1. The van der Waals surface area contributed by atoms with Gasteiger partial charge in [-0.1, -0.05) is 23.7 Å². The number of nitrogens with zero attached hydrogens (tertiary/aromatic N) is 2. The second-order valence-electron chi connectivity index (χ2n) is 9.23. The summed E-state index contributed by atoms with van der Waals surface area (Å²) in [6.07, 6.45) is 1.92. The van der Waals surface area contributed by atoms with Gasteiger partial charge in [0.2, 0.25) is 14.8 Å². The molecule has 1 aliphatic heterocycles. The lowest BCUT2D eigenvalue weighted by Crippen LogP contribution is -2.17. The van der Waals surface area contributed by atoms with E-state index in [4.69, 9.17) is 21.1 Å². The predicted molar refractivity (Wildman–Crippen MR) is 159 cm³/mol. The third-order valence-electron chi connectivity index (χ3n) is 6.17. The molecule has 4 aromatic rings. The summed E-state index contributed by atoms with van der Waals surface area (Å²) in [5.74, 6) is 0.767. The number of benzene rings is 3. The molecule has 1 saturated heterocycles. The van der Waals surface area contributed by atoms with E-state index in [1.807, 2.05) is 6.92 Å². The molecule has 2 N–H and O–H groups in total. The minimum atomic E-state index is -3.16. The highest BCUT2D eigenvalue weighted by Gasteiger charge is 2.30. The zero-order valence-corrected chi connectivity index (χ0v) is 24.3. The molecule has 41 heavy (non-hydrogen) atoms. The van der Waals surface area contributed by atoms with Crippen molar-refractivity contribution in [3.8, 4) is 11.5 Å². The quantitative estimate of drug-likeness (QED) is 0.198. The van der Waals surface area contributed by atoms with Crippen LogP contribution in [0, 0.1) is 5.82 Å². The number of nitrogens with one attached hydrogen (secondary N) is 2. The summed E-state index contributed by atoms with van der Waals surface area (Å²) >= 11 is 6.46. The maximum absolute atomic E-state index is 13.4. The van der Waals surface area contributed by atoms with Gasteiger partial charge in [-0.05, 0) is 66.1 Å².